The van der Waals surface area contributed by atoms with E-state index in [9.17, 15) is 27.9 Å². The summed E-state index contributed by atoms with van der Waals surface area (Å²) in [5.74, 6) is -2.09. The van der Waals surface area contributed by atoms with Crippen LogP contribution < -0.4 is 15.4 Å². The van der Waals surface area contributed by atoms with Gasteiger partial charge in [-0.25, -0.2) is 8.78 Å². The van der Waals surface area contributed by atoms with Crippen LogP contribution in [0.4, 0.5) is 32.8 Å². The molecule has 2 fully saturated rings. The van der Waals surface area contributed by atoms with Crippen molar-refractivity contribution in [2.45, 2.75) is 50.0 Å². The minimum absolute atomic E-state index is 0.0226. The fourth-order valence-electron chi connectivity index (χ4n) is 5.93. The zero-order valence-electron chi connectivity index (χ0n) is 23.2. The van der Waals surface area contributed by atoms with Crippen molar-refractivity contribution in [3.8, 4) is 23.2 Å². The number of rotatable bonds is 6. The van der Waals surface area contributed by atoms with E-state index in [0.29, 0.717) is 24.2 Å². The van der Waals surface area contributed by atoms with E-state index in [1.54, 1.807) is 11.9 Å². The summed E-state index contributed by atoms with van der Waals surface area (Å²) < 4.78 is 81.3. The highest BCUT2D eigenvalue weighted by Gasteiger charge is 2.39. The number of thiophene rings is 1. The number of alkyl halides is 3. The highest BCUT2D eigenvalue weighted by atomic mass is 32.1. The molecule has 1 saturated heterocycles. The molecule has 3 N–H and O–H groups in total. The van der Waals surface area contributed by atoms with Gasteiger partial charge in [-0.1, -0.05) is 6.07 Å². The van der Waals surface area contributed by atoms with Crippen LogP contribution in [0.5, 0.6) is 6.01 Å². The van der Waals surface area contributed by atoms with Crippen molar-refractivity contribution in [2.75, 3.05) is 37.9 Å². The van der Waals surface area contributed by atoms with Crippen LogP contribution >= 0.6 is 11.3 Å². The monoisotopic (exact) mass is 618 g/mol. The molecule has 1 aliphatic carbocycles. The second kappa shape index (κ2) is 10.7. The third-order valence-corrected chi connectivity index (χ3v) is 9.47. The third-order valence-electron chi connectivity index (χ3n) is 8.44. The molecule has 0 spiro atoms. The number of hydrogen-bond donors (Lipinski definition) is 2. The molecule has 226 valence electrons. The number of anilines is 2. The van der Waals surface area contributed by atoms with Gasteiger partial charge in [0.05, 0.1) is 21.9 Å². The molecular weight excluding hydrogens is 591 g/mol. The lowest BCUT2D eigenvalue weighted by molar-refractivity contribution is -0.137. The number of hydrogen-bond acceptors (Lipinski definition) is 9. The lowest BCUT2D eigenvalue weighted by atomic mass is 9.88. The molecule has 3 heterocycles. The van der Waals surface area contributed by atoms with E-state index in [-0.39, 0.29) is 62.1 Å². The van der Waals surface area contributed by atoms with Crippen LogP contribution in [0.15, 0.2) is 18.2 Å². The minimum atomic E-state index is -5.05. The van der Waals surface area contributed by atoms with Crippen molar-refractivity contribution in [1.82, 2.24) is 14.9 Å². The van der Waals surface area contributed by atoms with Crippen LogP contribution in [0.2, 0.25) is 0 Å². The number of nitrogens with two attached hydrogens (primary N) is 1. The number of halogens is 5. The maximum absolute atomic E-state index is 16.7. The van der Waals surface area contributed by atoms with E-state index in [2.05, 4.69) is 14.9 Å². The molecule has 1 aliphatic heterocycles. The molecule has 0 amide bonds. The summed E-state index contributed by atoms with van der Waals surface area (Å²) in [7, 11) is 3.56. The van der Waals surface area contributed by atoms with Gasteiger partial charge in [-0.3, -0.25) is 0 Å². The van der Waals surface area contributed by atoms with Gasteiger partial charge in [-0.15, -0.1) is 11.3 Å². The molecule has 2 aromatic carbocycles. The fourth-order valence-corrected chi connectivity index (χ4v) is 6.88. The molecule has 8 nitrogen and oxygen atoms in total. The summed E-state index contributed by atoms with van der Waals surface area (Å²) in [6.45, 7) is 1.08. The van der Waals surface area contributed by atoms with E-state index in [4.69, 9.17) is 10.5 Å². The van der Waals surface area contributed by atoms with Gasteiger partial charge in [-0.05, 0) is 57.0 Å². The van der Waals surface area contributed by atoms with Crippen LogP contribution in [0.3, 0.4) is 0 Å². The molecule has 1 saturated carbocycles. The van der Waals surface area contributed by atoms with Gasteiger partial charge >= 0.3 is 12.2 Å². The Balaban J connectivity index is 1.61. The number of aromatic nitrogens is 2. The Morgan fingerprint density at radius 2 is 2.00 bits per heavy atom. The van der Waals surface area contributed by atoms with Crippen LogP contribution in [-0.2, 0) is 6.18 Å². The van der Waals surface area contributed by atoms with E-state index in [0.717, 1.165) is 37.6 Å². The largest absolute Gasteiger partial charge is 0.462 e. The molecule has 6 rings (SSSR count). The summed E-state index contributed by atoms with van der Waals surface area (Å²) in [5, 5.41) is 19.1. The first-order chi connectivity index (χ1) is 20.4. The van der Waals surface area contributed by atoms with Gasteiger partial charge in [0.25, 0.3) is 0 Å². The van der Waals surface area contributed by atoms with Crippen LogP contribution in [-0.4, -0.2) is 65.4 Å². The first kappa shape index (κ1) is 29.3. The van der Waals surface area contributed by atoms with Gasteiger partial charge in [0, 0.05) is 35.5 Å². The minimum Gasteiger partial charge on any atom is -0.462 e. The molecule has 14 heteroatoms. The first-order valence-corrected chi connectivity index (χ1v) is 14.5. The maximum Gasteiger partial charge on any atom is 0.417 e. The Labute approximate surface area is 247 Å². The smallest absolute Gasteiger partial charge is 0.417 e. The lowest BCUT2D eigenvalue weighted by Crippen LogP contribution is -2.45. The van der Waals surface area contributed by atoms with Crippen molar-refractivity contribution in [2.24, 2.45) is 0 Å². The van der Waals surface area contributed by atoms with E-state index in [1.165, 1.54) is 0 Å². The van der Waals surface area contributed by atoms with E-state index in [1.807, 2.05) is 13.1 Å². The summed E-state index contributed by atoms with van der Waals surface area (Å²) in [5.41, 5.74) is 2.69. The van der Waals surface area contributed by atoms with Crippen LogP contribution in [0.25, 0.3) is 32.1 Å². The summed E-state index contributed by atoms with van der Waals surface area (Å²) in [6.07, 6.45) is -3.04. The SMILES string of the molecule is CN1CCCC1COc1nc(N(C)C2CC(O)C2)c2cc(C(F)(F)F)c(-c3ccc(F)c4sc(N)c(C#N)c34)c(F)c2n1. The Morgan fingerprint density at radius 1 is 1.26 bits per heavy atom. The molecule has 1 unspecified atom stereocenters. The van der Waals surface area contributed by atoms with E-state index >= 15 is 4.39 Å². The zero-order valence-corrected chi connectivity index (χ0v) is 24.0. The first-order valence-electron chi connectivity index (χ1n) is 13.6. The van der Waals surface area contributed by atoms with Gasteiger partial charge in [0.15, 0.2) is 5.82 Å². The second-order valence-corrected chi connectivity index (χ2v) is 12.1. The predicted molar refractivity (Wildman–Crippen MR) is 153 cm³/mol. The van der Waals surface area contributed by atoms with Gasteiger partial charge < -0.3 is 25.4 Å². The van der Waals surface area contributed by atoms with Crippen molar-refractivity contribution < 1.29 is 31.8 Å². The number of benzene rings is 2. The van der Waals surface area contributed by atoms with E-state index < -0.39 is 40.6 Å². The molecule has 2 aliphatic rings. The number of fused-ring (bicyclic) bond motifs is 2. The molecule has 1 atom stereocenters. The topological polar surface area (TPSA) is 112 Å². The average molecular weight is 619 g/mol. The Kier molecular flexibility index (Phi) is 7.30. The second-order valence-electron chi connectivity index (χ2n) is 11.1. The number of likely N-dealkylation sites (N-methyl/N-ethyl adjacent to an activating group) is 1. The molecule has 0 radical (unpaired) electrons. The molecule has 43 heavy (non-hydrogen) atoms. The third kappa shape index (κ3) is 4.99. The van der Waals surface area contributed by atoms with Crippen molar-refractivity contribution in [1.29, 1.82) is 5.26 Å². The number of ether oxygens (including phenoxy) is 1. The van der Waals surface area contributed by atoms with Gasteiger partial charge in [-0.2, -0.15) is 28.4 Å². The van der Waals surface area contributed by atoms with Crippen LogP contribution in [0, 0.1) is 23.0 Å². The van der Waals surface area contributed by atoms with Crippen molar-refractivity contribution in [3.05, 3.63) is 41.0 Å². The molecule has 2 aromatic heterocycles. The molecular formula is C29H27F5N6O2S. The number of nitrogen functional groups attached to an aromatic ring is 1. The number of nitriles is 1. The zero-order chi connectivity index (χ0) is 30.8. The number of aliphatic hydroxyl groups is 1. The highest BCUT2D eigenvalue weighted by Crippen LogP contribution is 2.48. The molecule has 0 bridgehead atoms. The number of nitrogens with zero attached hydrogens (tertiary/aromatic N) is 5. The highest BCUT2D eigenvalue weighted by molar-refractivity contribution is 7.23. The number of aliphatic hydroxyl groups excluding tert-OH is 1. The molecule has 4 aromatic rings. The average Bonchev–Trinajstić information content (AvgIpc) is 3.51. The summed E-state index contributed by atoms with van der Waals surface area (Å²) >= 11 is 0.701. The van der Waals surface area contributed by atoms with Crippen molar-refractivity contribution in [3.63, 3.8) is 0 Å². The maximum atomic E-state index is 16.7. The summed E-state index contributed by atoms with van der Waals surface area (Å²) in [6, 6.07) is 4.14. The lowest BCUT2D eigenvalue weighted by Gasteiger charge is -2.39. The fraction of sp³-hybridized carbons (Fsp3) is 0.414. The Hall–Kier alpha value is -3.80. The Bertz CT molecular complexity index is 1780. The predicted octanol–water partition coefficient (Wildman–Crippen LogP) is 5.69. The number of likely N-dealkylation sites (tertiary alicyclic amines) is 1. The van der Waals surface area contributed by atoms with Crippen LogP contribution in [0.1, 0.15) is 36.8 Å². The summed E-state index contributed by atoms with van der Waals surface area (Å²) in [4.78, 5) is 12.4. The van der Waals surface area contributed by atoms with Crippen molar-refractivity contribution >= 4 is 43.1 Å². The van der Waals surface area contributed by atoms with Gasteiger partial charge in [0.2, 0.25) is 0 Å². The van der Waals surface area contributed by atoms with Gasteiger partial charge in [0.1, 0.15) is 34.8 Å². The quantitative estimate of drug-likeness (QED) is 0.265. The standard InChI is InChI=1S/C29H27F5N6O2S/c1-39-7-3-4-13(39)12-42-28-37-24-17(27(38-28)40(2)14-8-15(41)9-14)10-19(29(32,33)34)22(23(24)31)16-5-6-20(30)25-21(16)18(11-35)26(36)43-25/h5-6,10,13-15,41H,3-4,7-9,12,36H2,1-2H3. The normalized spacial score (nSPS) is 20.9. The Morgan fingerprint density at radius 3 is 2.63 bits per heavy atom.